The quantitative estimate of drug-likeness (QED) is 0.725. The van der Waals surface area contributed by atoms with Crippen LogP contribution in [0.1, 0.15) is 18.1 Å². The van der Waals surface area contributed by atoms with Crippen molar-refractivity contribution in [1.29, 1.82) is 0 Å². The molecule has 0 saturated heterocycles. The van der Waals surface area contributed by atoms with Gasteiger partial charge in [0.15, 0.2) is 0 Å². The summed E-state index contributed by atoms with van der Waals surface area (Å²) in [6.07, 6.45) is 1.04. The summed E-state index contributed by atoms with van der Waals surface area (Å²) >= 11 is 1.87. The zero-order valence-electron chi connectivity index (χ0n) is 12.4. The fourth-order valence-electron chi connectivity index (χ4n) is 2.55. The molecule has 104 valence electrons. The summed E-state index contributed by atoms with van der Waals surface area (Å²) in [6.45, 7) is 4.38. The fourth-order valence-corrected chi connectivity index (χ4v) is 3.71. The molecule has 1 aliphatic rings. The Morgan fingerprint density at radius 1 is 1.10 bits per heavy atom. The van der Waals surface area contributed by atoms with E-state index in [0.717, 1.165) is 6.42 Å². The molecule has 0 bridgehead atoms. The van der Waals surface area contributed by atoms with Crippen LogP contribution in [0.15, 0.2) is 40.1 Å². The van der Waals surface area contributed by atoms with Crippen molar-refractivity contribution >= 4 is 28.8 Å². The Hall–Kier alpha value is -1.61. The third-order valence-electron chi connectivity index (χ3n) is 3.77. The molecule has 2 nitrogen and oxygen atoms in total. The van der Waals surface area contributed by atoms with E-state index in [9.17, 15) is 0 Å². The van der Waals surface area contributed by atoms with Crippen molar-refractivity contribution in [3.63, 3.8) is 0 Å². The van der Waals surface area contributed by atoms with Crippen LogP contribution in [0.3, 0.4) is 0 Å². The van der Waals surface area contributed by atoms with E-state index < -0.39 is 0 Å². The molecule has 0 aliphatic carbocycles. The molecule has 2 aromatic rings. The van der Waals surface area contributed by atoms with Gasteiger partial charge in [-0.15, -0.1) is 0 Å². The molecular weight excluding hydrogens is 264 g/mol. The highest BCUT2D eigenvalue weighted by Gasteiger charge is 2.20. The number of anilines is 3. The highest BCUT2D eigenvalue weighted by Crippen LogP contribution is 2.48. The average Bonchev–Trinajstić information content (AvgIpc) is 2.44. The maximum Gasteiger partial charge on any atom is 0.0560 e. The van der Waals surface area contributed by atoms with Gasteiger partial charge in [0.1, 0.15) is 0 Å². The lowest BCUT2D eigenvalue weighted by Gasteiger charge is -2.26. The van der Waals surface area contributed by atoms with Gasteiger partial charge in [-0.3, -0.25) is 0 Å². The van der Waals surface area contributed by atoms with Gasteiger partial charge in [-0.05, 0) is 42.7 Å². The van der Waals surface area contributed by atoms with Crippen molar-refractivity contribution in [1.82, 2.24) is 0 Å². The number of hydrogen-bond acceptors (Lipinski definition) is 3. The highest BCUT2D eigenvalue weighted by molar-refractivity contribution is 7.99. The van der Waals surface area contributed by atoms with E-state index in [1.807, 2.05) is 11.8 Å². The zero-order valence-corrected chi connectivity index (χ0v) is 13.3. The van der Waals surface area contributed by atoms with Crippen LogP contribution in [0.2, 0.25) is 0 Å². The molecule has 1 N–H and O–H groups in total. The van der Waals surface area contributed by atoms with Crippen molar-refractivity contribution < 1.29 is 0 Å². The molecular formula is C17H20N2S. The van der Waals surface area contributed by atoms with Crippen molar-refractivity contribution in [2.75, 3.05) is 24.3 Å². The summed E-state index contributed by atoms with van der Waals surface area (Å²) in [4.78, 5) is 4.81. The van der Waals surface area contributed by atoms with Crippen LogP contribution in [-0.4, -0.2) is 14.1 Å². The summed E-state index contributed by atoms with van der Waals surface area (Å²) < 4.78 is 0. The van der Waals surface area contributed by atoms with E-state index in [2.05, 4.69) is 68.5 Å². The van der Waals surface area contributed by atoms with E-state index in [4.69, 9.17) is 0 Å². The lowest BCUT2D eigenvalue weighted by molar-refractivity contribution is 1.07. The van der Waals surface area contributed by atoms with Crippen molar-refractivity contribution in [2.24, 2.45) is 0 Å². The Bertz CT molecular complexity index is 662. The maximum atomic E-state index is 3.66. The minimum atomic E-state index is 1.04. The SMILES string of the molecule is CCc1cc(N(C)C)cc2c1Nc1c(C)cccc1S2. The summed E-state index contributed by atoms with van der Waals surface area (Å²) in [5.41, 5.74) is 6.50. The van der Waals surface area contributed by atoms with Crippen LogP contribution in [0, 0.1) is 6.92 Å². The van der Waals surface area contributed by atoms with Gasteiger partial charge in [-0.1, -0.05) is 30.8 Å². The first-order chi connectivity index (χ1) is 9.60. The molecule has 0 radical (unpaired) electrons. The van der Waals surface area contributed by atoms with Crippen LogP contribution in [0.25, 0.3) is 0 Å². The van der Waals surface area contributed by atoms with E-state index in [-0.39, 0.29) is 0 Å². The van der Waals surface area contributed by atoms with Crippen LogP contribution in [0.4, 0.5) is 17.1 Å². The average molecular weight is 284 g/mol. The smallest absolute Gasteiger partial charge is 0.0560 e. The number of aryl methyl sites for hydroxylation is 2. The Morgan fingerprint density at radius 2 is 1.90 bits per heavy atom. The predicted molar refractivity (Wildman–Crippen MR) is 88.7 cm³/mol. The Balaban J connectivity index is 2.14. The number of nitrogens with zero attached hydrogens (tertiary/aromatic N) is 1. The predicted octanol–water partition coefficient (Wildman–Crippen LogP) is 4.83. The van der Waals surface area contributed by atoms with Gasteiger partial charge in [0.25, 0.3) is 0 Å². The molecule has 0 unspecified atom stereocenters. The van der Waals surface area contributed by atoms with Gasteiger partial charge in [-0.25, -0.2) is 0 Å². The molecule has 3 rings (SSSR count). The molecule has 20 heavy (non-hydrogen) atoms. The van der Waals surface area contributed by atoms with Crippen LogP contribution in [-0.2, 0) is 6.42 Å². The maximum absolute atomic E-state index is 3.66. The van der Waals surface area contributed by atoms with E-state index >= 15 is 0 Å². The molecule has 0 atom stereocenters. The van der Waals surface area contributed by atoms with Crippen LogP contribution < -0.4 is 10.2 Å². The number of fused-ring (bicyclic) bond motifs is 2. The molecule has 0 spiro atoms. The largest absolute Gasteiger partial charge is 0.378 e. The number of para-hydroxylation sites is 1. The lowest BCUT2D eigenvalue weighted by Crippen LogP contribution is -2.11. The van der Waals surface area contributed by atoms with E-state index in [1.165, 1.54) is 38.0 Å². The molecule has 0 amide bonds. The second-order valence-corrected chi connectivity index (χ2v) is 6.48. The van der Waals surface area contributed by atoms with Crippen LogP contribution in [0.5, 0.6) is 0 Å². The molecule has 1 aliphatic heterocycles. The van der Waals surface area contributed by atoms with Crippen molar-refractivity contribution in [2.45, 2.75) is 30.1 Å². The lowest BCUT2D eigenvalue weighted by atomic mass is 10.1. The fraction of sp³-hybridized carbons (Fsp3) is 0.294. The first kappa shape index (κ1) is 13.4. The Labute approximate surface area is 125 Å². The molecule has 0 aromatic heterocycles. The van der Waals surface area contributed by atoms with Gasteiger partial charge >= 0.3 is 0 Å². The summed E-state index contributed by atoms with van der Waals surface area (Å²) in [6, 6.07) is 11.0. The summed E-state index contributed by atoms with van der Waals surface area (Å²) in [7, 11) is 4.19. The molecule has 0 saturated carbocycles. The first-order valence-corrected chi connectivity index (χ1v) is 7.80. The Kier molecular flexibility index (Phi) is 3.38. The first-order valence-electron chi connectivity index (χ1n) is 6.99. The monoisotopic (exact) mass is 284 g/mol. The molecule has 1 heterocycles. The second kappa shape index (κ2) is 5.06. The number of rotatable bonds is 2. The Morgan fingerprint density at radius 3 is 2.60 bits per heavy atom. The minimum absolute atomic E-state index is 1.04. The van der Waals surface area contributed by atoms with E-state index in [0.29, 0.717) is 0 Å². The number of benzene rings is 2. The van der Waals surface area contributed by atoms with Gasteiger partial charge in [-0.2, -0.15) is 0 Å². The van der Waals surface area contributed by atoms with Crippen molar-refractivity contribution in [3.05, 3.63) is 41.5 Å². The number of nitrogens with one attached hydrogen (secondary N) is 1. The number of hydrogen-bond donors (Lipinski definition) is 1. The minimum Gasteiger partial charge on any atom is -0.378 e. The third-order valence-corrected chi connectivity index (χ3v) is 4.87. The van der Waals surface area contributed by atoms with Gasteiger partial charge in [0.2, 0.25) is 0 Å². The second-order valence-electron chi connectivity index (χ2n) is 5.40. The normalized spacial score (nSPS) is 12.4. The molecule has 0 fully saturated rings. The topological polar surface area (TPSA) is 15.3 Å². The van der Waals surface area contributed by atoms with Crippen molar-refractivity contribution in [3.8, 4) is 0 Å². The summed E-state index contributed by atoms with van der Waals surface area (Å²) in [5, 5.41) is 3.66. The van der Waals surface area contributed by atoms with Crippen LogP contribution >= 0.6 is 11.8 Å². The highest BCUT2D eigenvalue weighted by atomic mass is 32.2. The molecule has 3 heteroatoms. The standard InChI is InChI=1S/C17H20N2S/c1-5-12-9-13(19(3)4)10-15-17(12)18-16-11(2)7-6-8-14(16)20-15/h6-10,18H,5H2,1-4H3. The zero-order chi connectivity index (χ0) is 14.3. The molecule has 2 aromatic carbocycles. The van der Waals surface area contributed by atoms with E-state index in [1.54, 1.807) is 0 Å². The summed E-state index contributed by atoms with van der Waals surface area (Å²) in [5.74, 6) is 0. The third kappa shape index (κ3) is 2.16. The van der Waals surface area contributed by atoms with Gasteiger partial charge < -0.3 is 10.2 Å². The van der Waals surface area contributed by atoms with Gasteiger partial charge in [0, 0.05) is 29.6 Å². The van der Waals surface area contributed by atoms with Gasteiger partial charge in [0.05, 0.1) is 11.4 Å².